The number of ether oxygens (including phenoxy) is 2. The van der Waals surface area contributed by atoms with Gasteiger partial charge in [-0.2, -0.15) is 4.31 Å². The monoisotopic (exact) mass is 445 g/mol. The number of piperazine rings is 1. The van der Waals surface area contributed by atoms with Gasteiger partial charge in [0.25, 0.3) is 5.56 Å². The van der Waals surface area contributed by atoms with Crippen LogP contribution in [0.4, 0.5) is 0 Å². The summed E-state index contributed by atoms with van der Waals surface area (Å²) in [5.74, 6) is 1.53. The molecule has 0 radical (unpaired) electrons. The van der Waals surface area contributed by atoms with E-state index < -0.39 is 10.0 Å². The molecule has 0 amide bonds. The summed E-state index contributed by atoms with van der Waals surface area (Å²) in [6.45, 7) is 2.57. The Hall–Kier alpha value is -2.95. The third-order valence-electron chi connectivity index (χ3n) is 5.49. The highest BCUT2D eigenvalue weighted by Crippen LogP contribution is 2.29. The molecular formula is C21H25N4O5S+. The first-order chi connectivity index (χ1) is 14.9. The fraction of sp³-hybridized carbons (Fsp3) is 0.333. The number of benzene rings is 2. The molecule has 0 saturated carbocycles. The number of fused-ring (bicyclic) bond motifs is 1. The van der Waals surface area contributed by atoms with Gasteiger partial charge in [0.05, 0.1) is 56.2 Å². The zero-order chi connectivity index (χ0) is 22.0. The van der Waals surface area contributed by atoms with Crippen molar-refractivity contribution in [2.45, 2.75) is 11.4 Å². The molecule has 9 nitrogen and oxygen atoms in total. The van der Waals surface area contributed by atoms with Gasteiger partial charge in [-0.1, -0.05) is 18.2 Å². The Bertz CT molecular complexity index is 1240. The van der Waals surface area contributed by atoms with Gasteiger partial charge >= 0.3 is 0 Å². The maximum absolute atomic E-state index is 12.8. The van der Waals surface area contributed by atoms with Crippen molar-refractivity contribution in [3.05, 3.63) is 58.6 Å². The standard InChI is InChI=1S/C21H24N4O5S/c1-29-18-12-16-17(13-19(18)30-2)22-20(23-21(16)26)14-24-8-10-25(11-9-24)31(27,28)15-6-4-3-5-7-15/h3-7,12-13H,8-11,14H2,1-2H3,(H,22,23,26)/p+1. The first-order valence-electron chi connectivity index (χ1n) is 9.96. The number of rotatable bonds is 6. The third kappa shape index (κ3) is 4.27. The molecular weight excluding hydrogens is 420 g/mol. The smallest absolute Gasteiger partial charge is 0.259 e. The van der Waals surface area contributed by atoms with Crippen LogP contribution in [0.5, 0.6) is 11.5 Å². The van der Waals surface area contributed by atoms with Crippen LogP contribution in [0.3, 0.4) is 0 Å². The molecule has 1 saturated heterocycles. The van der Waals surface area contributed by atoms with Gasteiger partial charge in [0, 0.05) is 6.07 Å². The average molecular weight is 446 g/mol. The van der Waals surface area contributed by atoms with Crippen LogP contribution in [-0.2, 0) is 16.6 Å². The Morgan fingerprint density at radius 1 is 1.06 bits per heavy atom. The largest absolute Gasteiger partial charge is 0.493 e. The van der Waals surface area contributed by atoms with Crippen molar-refractivity contribution in [3.8, 4) is 11.5 Å². The number of aromatic nitrogens is 2. The van der Waals surface area contributed by atoms with Crippen LogP contribution >= 0.6 is 0 Å². The maximum Gasteiger partial charge on any atom is 0.259 e. The highest BCUT2D eigenvalue weighted by atomic mass is 32.2. The van der Waals surface area contributed by atoms with Crippen LogP contribution in [0, 0.1) is 0 Å². The van der Waals surface area contributed by atoms with Crippen molar-refractivity contribution >= 4 is 20.9 Å². The van der Waals surface area contributed by atoms with Crippen molar-refractivity contribution in [1.82, 2.24) is 14.3 Å². The summed E-state index contributed by atoms with van der Waals surface area (Å²) in [4.78, 5) is 21.4. The van der Waals surface area contributed by atoms with Gasteiger partial charge in [0.15, 0.2) is 17.3 Å². The molecule has 1 aromatic heterocycles. The van der Waals surface area contributed by atoms with E-state index in [1.807, 2.05) is 0 Å². The highest BCUT2D eigenvalue weighted by molar-refractivity contribution is 7.89. The number of hydrogen-bond acceptors (Lipinski definition) is 6. The molecule has 164 valence electrons. The molecule has 2 aromatic carbocycles. The fourth-order valence-electron chi connectivity index (χ4n) is 3.80. The molecule has 0 aliphatic carbocycles. The van der Waals surface area contributed by atoms with Crippen LogP contribution in [0.25, 0.3) is 10.9 Å². The molecule has 0 bridgehead atoms. The number of nitrogens with one attached hydrogen (secondary N) is 2. The van der Waals surface area contributed by atoms with E-state index in [9.17, 15) is 13.2 Å². The minimum atomic E-state index is -3.49. The van der Waals surface area contributed by atoms with E-state index in [0.29, 0.717) is 65.8 Å². The Kier molecular flexibility index (Phi) is 5.94. The van der Waals surface area contributed by atoms with Crippen molar-refractivity contribution < 1.29 is 22.8 Å². The lowest BCUT2D eigenvalue weighted by atomic mass is 10.2. The van der Waals surface area contributed by atoms with E-state index in [1.54, 1.807) is 42.5 Å². The number of quaternary nitrogens is 1. The quantitative estimate of drug-likeness (QED) is 0.555. The maximum atomic E-state index is 12.8. The SMILES string of the molecule is COc1cc2nc(C[NH+]3CCN(S(=O)(=O)c4ccccc4)CC3)[nH]c(=O)c2cc1OC. The summed E-state index contributed by atoms with van der Waals surface area (Å²) in [5.41, 5.74) is 0.284. The Morgan fingerprint density at radius 3 is 2.35 bits per heavy atom. The van der Waals surface area contributed by atoms with Gasteiger partial charge in [-0.05, 0) is 18.2 Å². The summed E-state index contributed by atoms with van der Waals surface area (Å²) in [6, 6.07) is 11.8. The average Bonchev–Trinajstić information content (AvgIpc) is 2.79. The predicted octanol–water partition coefficient (Wildman–Crippen LogP) is 0.0297. The summed E-state index contributed by atoms with van der Waals surface area (Å²) < 4.78 is 37.7. The molecule has 0 spiro atoms. The van der Waals surface area contributed by atoms with Crippen LogP contribution in [0.2, 0.25) is 0 Å². The van der Waals surface area contributed by atoms with Gasteiger partial charge in [-0.25, -0.2) is 13.4 Å². The van der Waals surface area contributed by atoms with Crippen molar-refractivity contribution in [2.24, 2.45) is 0 Å². The summed E-state index contributed by atoms with van der Waals surface area (Å²) in [5, 5.41) is 0.426. The Balaban J connectivity index is 1.49. The summed E-state index contributed by atoms with van der Waals surface area (Å²) in [7, 11) is -0.440. The number of aromatic amines is 1. The van der Waals surface area contributed by atoms with Gasteiger partial charge in [0.2, 0.25) is 10.0 Å². The number of sulfonamides is 1. The number of methoxy groups -OCH3 is 2. The lowest BCUT2D eigenvalue weighted by Gasteiger charge is -2.31. The number of H-pyrrole nitrogens is 1. The summed E-state index contributed by atoms with van der Waals surface area (Å²) >= 11 is 0. The molecule has 0 atom stereocenters. The summed E-state index contributed by atoms with van der Waals surface area (Å²) in [6.07, 6.45) is 0. The van der Waals surface area contributed by atoms with E-state index >= 15 is 0 Å². The first-order valence-corrected chi connectivity index (χ1v) is 11.4. The molecule has 1 aliphatic heterocycles. The minimum Gasteiger partial charge on any atom is -0.493 e. The minimum absolute atomic E-state index is 0.245. The molecule has 2 heterocycles. The van der Waals surface area contributed by atoms with E-state index in [2.05, 4.69) is 9.97 Å². The van der Waals surface area contributed by atoms with Crippen molar-refractivity contribution in [1.29, 1.82) is 0 Å². The first kappa shape index (κ1) is 21.3. The normalized spacial score (nSPS) is 15.8. The van der Waals surface area contributed by atoms with Gasteiger partial charge < -0.3 is 19.4 Å². The van der Waals surface area contributed by atoms with E-state index in [1.165, 1.54) is 18.5 Å². The highest BCUT2D eigenvalue weighted by Gasteiger charge is 2.30. The van der Waals surface area contributed by atoms with E-state index in [-0.39, 0.29) is 5.56 Å². The molecule has 31 heavy (non-hydrogen) atoms. The van der Waals surface area contributed by atoms with Crippen LogP contribution < -0.4 is 19.9 Å². The second-order valence-corrected chi connectivity index (χ2v) is 9.32. The van der Waals surface area contributed by atoms with Crippen LogP contribution in [0.15, 0.2) is 52.2 Å². The molecule has 0 unspecified atom stereocenters. The molecule has 2 N–H and O–H groups in total. The lowest BCUT2D eigenvalue weighted by molar-refractivity contribution is -0.917. The van der Waals surface area contributed by atoms with Crippen LogP contribution in [0.1, 0.15) is 5.82 Å². The number of hydrogen-bond donors (Lipinski definition) is 2. The predicted molar refractivity (Wildman–Crippen MR) is 115 cm³/mol. The lowest BCUT2D eigenvalue weighted by Crippen LogP contribution is -3.13. The topological polar surface area (TPSA) is 106 Å². The third-order valence-corrected chi connectivity index (χ3v) is 7.40. The van der Waals surface area contributed by atoms with Crippen molar-refractivity contribution in [2.75, 3.05) is 40.4 Å². The van der Waals surface area contributed by atoms with Crippen molar-refractivity contribution in [3.63, 3.8) is 0 Å². The van der Waals surface area contributed by atoms with Gasteiger partial charge in [-0.15, -0.1) is 0 Å². The van der Waals surface area contributed by atoms with E-state index in [4.69, 9.17) is 9.47 Å². The molecule has 3 aromatic rings. The molecule has 4 rings (SSSR count). The second-order valence-electron chi connectivity index (χ2n) is 7.38. The Morgan fingerprint density at radius 2 is 1.71 bits per heavy atom. The van der Waals surface area contributed by atoms with E-state index in [0.717, 1.165) is 4.90 Å². The molecule has 1 aliphatic rings. The zero-order valence-electron chi connectivity index (χ0n) is 17.4. The fourth-order valence-corrected chi connectivity index (χ4v) is 5.26. The van der Waals surface area contributed by atoms with Crippen LogP contribution in [-0.4, -0.2) is 63.1 Å². The van der Waals surface area contributed by atoms with Gasteiger partial charge in [0.1, 0.15) is 6.54 Å². The van der Waals surface area contributed by atoms with Gasteiger partial charge in [-0.3, -0.25) is 4.79 Å². The molecule has 1 fully saturated rings. The molecule has 10 heteroatoms. The Labute approximate surface area is 180 Å². The number of nitrogens with zero attached hydrogens (tertiary/aromatic N) is 2. The zero-order valence-corrected chi connectivity index (χ0v) is 18.2. The second kappa shape index (κ2) is 8.66.